The summed E-state index contributed by atoms with van der Waals surface area (Å²) in [5, 5.41) is 10.3. The van der Waals surface area contributed by atoms with Crippen LogP contribution >= 0.6 is 0 Å². The van der Waals surface area contributed by atoms with Crippen LogP contribution in [0.15, 0.2) is 37.1 Å². The normalized spacial score (nSPS) is 14.4. The smallest absolute Gasteiger partial charge is 0.141 e. The van der Waals surface area contributed by atoms with Crippen LogP contribution in [0.2, 0.25) is 0 Å². The molecule has 0 saturated heterocycles. The van der Waals surface area contributed by atoms with Crippen molar-refractivity contribution in [2.24, 2.45) is 0 Å². The minimum atomic E-state index is -1.32. The van der Waals surface area contributed by atoms with E-state index < -0.39 is 11.4 Å². The van der Waals surface area contributed by atoms with Crippen LogP contribution < -0.4 is 0 Å². The van der Waals surface area contributed by atoms with Crippen molar-refractivity contribution < 1.29 is 9.50 Å². The van der Waals surface area contributed by atoms with Crippen LogP contribution in [0.5, 0.6) is 0 Å². The van der Waals surface area contributed by atoms with Crippen molar-refractivity contribution in [2.75, 3.05) is 0 Å². The maximum atomic E-state index is 12.7. The fraction of sp³-hybridized carbons (Fsp3) is 0.182. The van der Waals surface area contributed by atoms with E-state index in [0.717, 1.165) is 6.20 Å². The molecule has 4 nitrogen and oxygen atoms in total. The minimum Gasteiger partial charge on any atom is -0.379 e. The molecule has 0 aliphatic rings. The van der Waals surface area contributed by atoms with Crippen LogP contribution in [0.25, 0.3) is 0 Å². The SMILES string of the molecule is CC(O)(c1cncnc1)c1ccc(F)cn1. The summed E-state index contributed by atoms with van der Waals surface area (Å²) in [5.41, 5.74) is -0.465. The summed E-state index contributed by atoms with van der Waals surface area (Å²) in [6, 6.07) is 2.68. The van der Waals surface area contributed by atoms with E-state index in [2.05, 4.69) is 15.0 Å². The number of hydrogen-bond donors (Lipinski definition) is 1. The molecule has 2 rings (SSSR count). The van der Waals surface area contributed by atoms with Gasteiger partial charge in [-0.1, -0.05) is 0 Å². The maximum absolute atomic E-state index is 12.7. The van der Waals surface area contributed by atoms with Crippen molar-refractivity contribution in [2.45, 2.75) is 12.5 Å². The lowest BCUT2D eigenvalue weighted by atomic mass is 9.94. The Kier molecular flexibility index (Phi) is 2.62. The highest BCUT2D eigenvalue weighted by Crippen LogP contribution is 2.25. The van der Waals surface area contributed by atoms with Crippen molar-refractivity contribution in [1.82, 2.24) is 15.0 Å². The van der Waals surface area contributed by atoms with Crippen molar-refractivity contribution >= 4 is 0 Å². The Labute approximate surface area is 91.8 Å². The van der Waals surface area contributed by atoms with E-state index in [0.29, 0.717) is 11.3 Å². The third-order valence-corrected chi connectivity index (χ3v) is 2.35. The third kappa shape index (κ3) is 1.90. The summed E-state index contributed by atoms with van der Waals surface area (Å²) in [7, 11) is 0. The van der Waals surface area contributed by atoms with Gasteiger partial charge < -0.3 is 5.11 Å². The van der Waals surface area contributed by atoms with E-state index in [-0.39, 0.29) is 0 Å². The van der Waals surface area contributed by atoms with Crippen LogP contribution in [-0.2, 0) is 5.60 Å². The van der Waals surface area contributed by atoms with Gasteiger partial charge in [-0.05, 0) is 19.1 Å². The van der Waals surface area contributed by atoms with Crippen LogP contribution in [0.4, 0.5) is 4.39 Å². The van der Waals surface area contributed by atoms with Gasteiger partial charge in [-0.3, -0.25) is 4.98 Å². The fourth-order valence-corrected chi connectivity index (χ4v) is 1.36. The Morgan fingerprint density at radius 2 is 1.88 bits per heavy atom. The molecule has 0 bridgehead atoms. The summed E-state index contributed by atoms with van der Waals surface area (Å²) >= 11 is 0. The molecule has 0 fully saturated rings. The highest BCUT2D eigenvalue weighted by atomic mass is 19.1. The van der Waals surface area contributed by atoms with Gasteiger partial charge in [-0.15, -0.1) is 0 Å². The second kappa shape index (κ2) is 3.94. The molecule has 82 valence electrons. The lowest BCUT2D eigenvalue weighted by Crippen LogP contribution is -2.24. The summed E-state index contributed by atoms with van der Waals surface area (Å²) in [4.78, 5) is 11.5. The van der Waals surface area contributed by atoms with E-state index in [9.17, 15) is 9.50 Å². The molecule has 1 atom stereocenters. The van der Waals surface area contributed by atoms with E-state index in [1.807, 2.05) is 0 Å². The van der Waals surface area contributed by atoms with Gasteiger partial charge >= 0.3 is 0 Å². The largest absolute Gasteiger partial charge is 0.379 e. The van der Waals surface area contributed by atoms with Gasteiger partial charge in [0.1, 0.15) is 17.7 Å². The van der Waals surface area contributed by atoms with Crippen molar-refractivity contribution in [1.29, 1.82) is 0 Å². The Morgan fingerprint density at radius 3 is 2.44 bits per heavy atom. The molecule has 0 amide bonds. The van der Waals surface area contributed by atoms with Gasteiger partial charge in [0.05, 0.1) is 11.9 Å². The lowest BCUT2D eigenvalue weighted by Gasteiger charge is -2.22. The predicted octanol–water partition coefficient (Wildman–Crippen LogP) is 1.27. The first kappa shape index (κ1) is 10.6. The highest BCUT2D eigenvalue weighted by Gasteiger charge is 2.27. The van der Waals surface area contributed by atoms with Crippen molar-refractivity contribution in [3.8, 4) is 0 Å². The zero-order chi connectivity index (χ0) is 11.6. The summed E-state index contributed by atoms with van der Waals surface area (Å²) in [5.74, 6) is -0.441. The number of halogens is 1. The average molecular weight is 219 g/mol. The number of pyridine rings is 1. The number of rotatable bonds is 2. The van der Waals surface area contributed by atoms with Crippen LogP contribution in [-0.4, -0.2) is 20.1 Å². The Morgan fingerprint density at radius 1 is 1.19 bits per heavy atom. The van der Waals surface area contributed by atoms with Gasteiger partial charge in [-0.2, -0.15) is 0 Å². The molecule has 1 N–H and O–H groups in total. The Bertz CT molecular complexity index is 470. The molecule has 5 heteroatoms. The van der Waals surface area contributed by atoms with Crippen LogP contribution in [0.1, 0.15) is 18.2 Å². The molecule has 2 aromatic heterocycles. The van der Waals surface area contributed by atoms with Crippen LogP contribution in [0, 0.1) is 5.82 Å². The van der Waals surface area contributed by atoms with Gasteiger partial charge in [-0.25, -0.2) is 14.4 Å². The van der Waals surface area contributed by atoms with Crippen molar-refractivity contribution in [3.63, 3.8) is 0 Å². The Balaban J connectivity index is 2.43. The number of aliphatic hydroxyl groups is 1. The summed E-state index contributed by atoms with van der Waals surface area (Å²) in [6.45, 7) is 1.56. The molecule has 0 spiro atoms. The monoisotopic (exact) mass is 219 g/mol. The lowest BCUT2D eigenvalue weighted by molar-refractivity contribution is 0.0964. The quantitative estimate of drug-likeness (QED) is 0.826. The molecule has 0 aromatic carbocycles. The second-order valence-electron chi connectivity index (χ2n) is 3.56. The first-order chi connectivity index (χ1) is 7.60. The van der Waals surface area contributed by atoms with Crippen molar-refractivity contribution in [3.05, 3.63) is 54.1 Å². The van der Waals surface area contributed by atoms with Gasteiger partial charge in [0.15, 0.2) is 0 Å². The van der Waals surface area contributed by atoms with Crippen LogP contribution in [0.3, 0.4) is 0 Å². The average Bonchev–Trinajstić information content (AvgIpc) is 2.31. The maximum Gasteiger partial charge on any atom is 0.141 e. The molecule has 2 heterocycles. The molecule has 1 unspecified atom stereocenters. The molecule has 0 radical (unpaired) electrons. The molecule has 0 aliphatic carbocycles. The topological polar surface area (TPSA) is 58.9 Å². The zero-order valence-electron chi connectivity index (χ0n) is 8.63. The molecule has 0 saturated carbocycles. The minimum absolute atomic E-state index is 0.351. The number of nitrogens with zero attached hydrogens (tertiary/aromatic N) is 3. The summed E-state index contributed by atoms with van der Waals surface area (Å²) in [6.07, 6.45) is 5.43. The molecule has 16 heavy (non-hydrogen) atoms. The summed E-state index contributed by atoms with van der Waals surface area (Å²) < 4.78 is 12.7. The van der Waals surface area contributed by atoms with Gasteiger partial charge in [0, 0.05) is 18.0 Å². The molecular formula is C11H10FN3O. The number of aromatic nitrogens is 3. The zero-order valence-corrected chi connectivity index (χ0v) is 8.63. The second-order valence-corrected chi connectivity index (χ2v) is 3.56. The Hall–Kier alpha value is -1.88. The van der Waals surface area contributed by atoms with Gasteiger partial charge in [0.2, 0.25) is 0 Å². The highest BCUT2D eigenvalue weighted by molar-refractivity contribution is 5.27. The third-order valence-electron chi connectivity index (χ3n) is 2.35. The predicted molar refractivity (Wildman–Crippen MR) is 54.9 cm³/mol. The first-order valence-electron chi connectivity index (χ1n) is 4.70. The standard InChI is InChI=1S/C11H10FN3O/c1-11(16,8-4-13-7-14-5-8)10-3-2-9(12)6-15-10/h2-7,16H,1H3. The van der Waals surface area contributed by atoms with E-state index >= 15 is 0 Å². The van der Waals surface area contributed by atoms with E-state index in [4.69, 9.17) is 0 Å². The van der Waals surface area contributed by atoms with E-state index in [1.165, 1.54) is 30.9 Å². The first-order valence-corrected chi connectivity index (χ1v) is 4.70. The van der Waals surface area contributed by atoms with E-state index in [1.54, 1.807) is 6.92 Å². The molecular weight excluding hydrogens is 209 g/mol. The molecule has 2 aromatic rings. The fourth-order valence-electron chi connectivity index (χ4n) is 1.36. The molecule has 0 aliphatic heterocycles. The number of hydrogen-bond acceptors (Lipinski definition) is 4. The van der Waals surface area contributed by atoms with Gasteiger partial charge in [0.25, 0.3) is 0 Å².